The summed E-state index contributed by atoms with van der Waals surface area (Å²) in [4.78, 5) is 0. The fraction of sp³-hybridized carbons (Fsp3) is 0.875. The third-order valence-electron chi connectivity index (χ3n) is 1.74. The molecule has 0 aromatic heterocycles. The summed E-state index contributed by atoms with van der Waals surface area (Å²) in [5, 5.41) is 7.35. The second-order valence-electron chi connectivity index (χ2n) is 2.58. The van der Waals surface area contributed by atoms with E-state index in [1.54, 1.807) is 0 Å². The first-order chi connectivity index (χ1) is 4.22. The highest BCUT2D eigenvalue weighted by molar-refractivity contribution is 5.81. The first kappa shape index (κ1) is 8.67. The van der Waals surface area contributed by atoms with E-state index in [2.05, 4.69) is 13.8 Å². The molecule has 0 saturated carbocycles. The molecule has 0 aliphatic carbocycles. The van der Waals surface area contributed by atoms with Crippen LogP contribution in [0.25, 0.3) is 0 Å². The summed E-state index contributed by atoms with van der Waals surface area (Å²) < 4.78 is 0. The highest BCUT2D eigenvalue weighted by Gasteiger charge is 2.05. The smallest absolute Gasteiger partial charge is 0.00890 e. The van der Waals surface area contributed by atoms with Gasteiger partial charge >= 0.3 is 0 Å². The molecule has 9 heavy (non-hydrogen) atoms. The van der Waals surface area contributed by atoms with Crippen LogP contribution < -0.4 is 0 Å². The Balaban J connectivity index is 3.54. The molecule has 0 aromatic rings. The van der Waals surface area contributed by atoms with Crippen molar-refractivity contribution in [1.82, 2.24) is 0 Å². The quantitative estimate of drug-likeness (QED) is 0.561. The van der Waals surface area contributed by atoms with Gasteiger partial charge < -0.3 is 5.41 Å². The van der Waals surface area contributed by atoms with Gasteiger partial charge in [0.05, 0.1) is 0 Å². The Morgan fingerprint density at radius 1 is 1.44 bits per heavy atom. The van der Waals surface area contributed by atoms with E-state index in [0.717, 1.165) is 12.1 Å². The Morgan fingerprint density at radius 3 is 2.11 bits per heavy atom. The van der Waals surface area contributed by atoms with Crippen molar-refractivity contribution in [1.29, 1.82) is 5.41 Å². The Hall–Kier alpha value is -0.330. The van der Waals surface area contributed by atoms with Gasteiger partial charge in [-0.05, 0) is 25.7 Å². The number of hydrogen-bond donors (Lipinski definition) is 1. The van der Waals surface area contributed by atoms with Crippen LogP contribution in [-0.4, -0.2) is 5.71 Å². The van der Waals surface area contributed by atoms with Crippen LogP contribution in [0.5, 0.6) is 0 Å². The standard InChI is InChI=1S/C8H17N/c1-4-6-8(5-2)7(3)9/h8-9H,4-6H2,1-3H3/t8-/m0/s1. The van der Waals surface area contributed by atoms with Crippen molar-refractivity contribution < 1.29 is 0 Å². The Morgan fingerprint density at radius 2 is 2.00 bits per heavy atom. The van der Waals surface area contributed by atoms with Gasteiger partial charge in [-0.1, -0.05) is 20.3 Å². The van der Waals surface area contributed by atoms with E-state index in [1.165, 1.54) is 12.8 Å². The molecule has 1 atom stereocenters. The Kier molecular flexibility index (Phi) is 4.37. The maximum atomic E-state index is 7.35. The Bertz CT molecular complexity index is 86.6. The van der Waals surface area contributed by atoms with Crippen LogP contribution in [-0.2, 0) is 0 Å². The van der Waals surface area contributed by atoms with Crippen molar-refractivity contribution >= 4 is 5.71 Å². The van der Waals surface area contributed by atoms with Gasteiger partial charge in [-0.25, -0.2) is 0 Å². The molecule has 0 aliphatic heterocycles. The first-order valence-corrected chi connectivity index (χ1v) is 3.77. The summed E-state index contributed by atoms with van der Waals surface area (Å²) in [5.74, 6) is 0.551. The van der Waals surface area contributed by atoms with Crippen LogP contribution >= 0.6 is 0 Å². The predicted octanol–water partition coefficient (Wildman–Crippen LogP) is 2.85. The lowest BCUT2D eigenvalue weighted by molar-refractivity contribution is 0.590. The van der Waals surface area contributed by atoms with Crippen LogP contribution in [0.15, 0.2) is 0 Å². The zero-order valence-electron chi connectivity index (χ0n) is 6.70. The van der Waals surface area contributed by atoms with E-state index in [0.29, 0.717) is 5.92 Å². The van der Waals surface area contributed by atoms with Crippen LogP contribution in [0.4, 0.5) is 0 Å². The van der Waals surface area contributed by atoms with E-state index in [4.69, 9.17) is 5.41 Å². The van der Waals surface area contributed by atoms with E-state index >= 15 is 0 Å². The van der Waals surface area contributed by atoms with Crippen LogP contribution in [0.3, 0.4) is 0 Å². The molecule has 1 nitrogen and oxygen atoms in total. The third kappa shape index (κ3) is 3.28. The number of nitrogens with one attached hydrogen (secondary N) is 1. The van der Waals surface area contributed by atoms with Crippen LogP contribution in [0.1, 0.15) is 40.0 Å². The molecule has 0 aliphatic rings. The van der Waals surface area contributed by atoms with E-state index in [9.17, 15) is 0 Å². The minimum absolute atomic E-state index is 0.551. The van der Waals surface area contributed by atoms with Gasteiger partial charge in [0.15, 0.2) is 0 Å². The van der Waals surface area contributed by atoms with Gasteiger partial charge in [0.2, 0.25) is 0 Å². The summed E-state index contributed by atoms with van der Waals surface area (Å²) >= 11 is 0. The molecule has 0 heterocycles. The molecule has 0 amide bonds. The molecule has 1 N–H and O–H groups in total. The average molecular weight is 127 g/mol. The van der Waals surface area contributed by atoms with Gasteiger partial charge in [-0.2, -0.15) is 0 Å². The van der Waals surface area contributed by atoms with E-state index in [-0.39, 0.29) is 0 Å². The SMILES string of the molecule is CCC[C@H](CC)C(C)=N. The molecule has 54 valence electrons. The number of rotatable bonds is 4. The predicted molar refractivity (Wildman–Crippen MR) is 42.1 cm³/mol. The molecule has 1 heteroatoms. The van der Waals surface area contributed by atoms with Crippen molar-refractivity contribution in [3.8, 4) is 0 Å². The maximum Gasteiger partial charge on any atom is 0.00890 e. The molecule has 0 spiro atoms. The fourth-order valence-corrected chi connectivity index (χ4v) is 1.08. The molecule has 0 radical (unpaired) electrons. The zero-order chi connectivity index (χ0) is 7.28. The minimum Gasteiger partial charge on any atom is -0.310 e. The molecular formula is C8H17N. The van der Waals surface area contributed by atoms with Gasteiger partial charge in [-0.3, -0.25) is 0 Å². The summed E-state index contributed by atoms with van der Waals surface area (Å²) in [5.41, 5.74) is 0.847. The summed E-state index contributed by atoms with van der Waals surface area (Å²) in [7, 11) is 0. The molecule has 0 rings (SSSR count). The van der Waals surface area contributed by atoms with E-state index < -0.39 is 0 Å². The summed E-state index contributed by atoms with van der Waals surface area (Å²) in [6, 6.07) is 0. The van der Waals surface area contributed by atoms with Gasteiger partial charge in [0.25, 0.3) is 0 Å². The summed E-state index contributed by atoms with van der Waals surface area (Å²) in [6.07, 6.45) is 3.52. The lowest BCUT2D eigenvalue weighted by atomic mass is 9.96. The highest BCUT2D eigenvalue weighted by atomic mass is 14.4. The normalized spacial score (nSPS) is 13.2. The van der Waals surface area contributed by atoms with Crippen molar-refractivity contribution in [3.63, 3.8) is 0 Å². The zero-order valence-corrected chi connectivity index (χ0v) is 6.70. The topological polar surface area (TPSA) is 23.9 Å². The minimum atomic E-state index is 0.551. The van der Waals surface area contributed by atoms with Crippen molar-refractivity contribution in [2.24, 2.45) is 5.92 Å². The van der Waals surface area contributed by atoms with Gasteiger partial charge in [0, 0.05) is 5.71 Å². The fourth-order valence-electron chi connectivity index (χ4n) is 1.08. The maximum absolute atomic E-state index is 7.35. The average Bonchev–Trinajstić information content (AvgIpc) is 1.82. The summed E-state index contributed by atoms with van der Waals surface area (Å²) in [6.45, 7) is 6.23. The van der Waals surface area contributed by atoms with Crippen molar-refractivity contribution in [2.45, 2.75) is 40.0 Å². The molecule has 0 unspecified atom stereocenters. The second-order valence-corrected chi connectivity index (χ2v) is 2.58. The van der Waals surface area contributed by atoms with Gasteiger partial charge in [-0.15, -0.1) is 0 Å². The molecule has 0 fully saturated rings. The molecule has 0 saturated heterocycles. The van der Waals surface area contributed by atoms with Crippen molar-refractivity contribution in [2.75, 3.05) is 0 Å². The molecule has 0 aromatic carbocycles. The lowest BCUT2D eigenvalue weighted by Gasteiger charge is -2.10. The van der Waals surface area contributed by atoms with Crippen LogP contribution in [0.2, 0.25) is 0 Å². The third-order valence-corrected chi connectivity index (χ3v) is 1.74. The highest BCUT2D eigenvalue weighted by Crippen LogP contribution is 2.10. The monoisotopic (exact) mass is 127 g/mol. The lowest BCUT2D eigenvalue weighted by Crippen LogP contribution is -2.07. The molecular weight excluding hydrogens is 110 g/mol. The molecule has 0 bridgehead atoms. The second kappa shape index (κ2) is 4.54. The largest absolute Gasteiger partial charge is 0.310 e. The van der Waals surface area contributed by atoms with Crippen molar-refractivity contribution in [3.05, 3.63) is 0 Å². The van der Waals surface area contributed by atoms with Crippen LogP contribution in [0, 0.1) is 11.3 Å². The van der Waals surface area contributed by atoms with Gasteiger partial charge in [0.1, 0.15) is 0 Å². The Labute approximate surface area is 58.0 Å². The number of hydrogen-bond acceptors (Lipinski definition) is 1. The first-order valence-electron chi connectivity index (χ1n) is 3.77. The van der Waals surface area contributed by atoms with E-state index in [1.807, 2.05) is 6.92 Å².